The Morgan fingerprint density at radius 3 is 2.67 bits per heavy atom. The Morgan fingerprint density at radius 2 is 2.11 bits per heavy atom. The lowest BCUT2D eigenvalue weighted by Crippen LogP contribution is -2.34. The Bertz CT molecular complexity index is 369. The number of halogens is 1. The molecule has 0 saturated heterocycles. The first-order valence-corrected chi connectivity index (χ1v) is 6.91. The first-order chi connectivity index (χ1) is 8.56. The van der Waals surface area contributed by atoms with Crippen molar-refractivity contribution in [3.63, 3.8) is 0 Å². The first kappa shape index (κ1) is 15.3. The van der Waals surface area contributed by atoms with Gasteiger partial charge in [0.15, 0.2) is 0 Å². The smallest absolute Gasteiger partial charge is 0.122 e. The van der Waals surface area contributed by atoms with Crippen LogP contribution in [0.2, 0.25) is 0 Å². The van der Waals surface area contributed by atoms with Crippen LogP contribution in [0.25, 0.3) is 0 Å². The van der Waals surface area contributed by atoms with Crippen molar-refractivity contribution in [2.45, 2.75) is 39.8 Å². The molecular formula is C14H23ClN2O. The quantitative estimate of drug-likeness (QED) is 0.773. The minimum Gasteiger partial charge on any atom is -0.497 e. The van der Waals surface area contributed by atoms with Gasteiger partial charge in [0.25, 0.3) is 0 Å². The Kier molecular flexibility index (Phi) is 6.44. The van der Waals surface area contributed by atoms with E-state index in [4.69, 9.17) is 16.3 Å². The van der Waals surface area contributed by atoms with Crippen LogP contribution in [0.5, 0.6) is 5.75 Å². The normalized spacial score (nSPS) is 12.8. The van der Waals surface area contributed by atoms with Crippen molar-refractivity contribution >= 4 is 11.6 Å². The van der Waals surface area contributed by atoms with Gasteiger partial charge in [0, 0.05) is 36.3 Å². The summed E-state index contributed by atoms with van der Waals surface area (Å²) in [7, 11) is 1.68. The minimum atomic E-state index is 0.427. The average molecular weight is 271 g/mol. The van der Waals surface area contributed by atoms with E-state index in [0.29, 0.717) is 17.8 Å². The maximum absolute atomic E-state index is 5.82. The van der Waals surface area contributed by atoms with Crippen LogP contribution in [0, 0.1) is 12.8 Å². The molecule has 0 fully saturated rings. The molecule has 1 heterocycles. The fourth-order valence-corrected chi connectivity index (χ4v) is 2.17. The van der Waals surface area contributed by atoms with Gasteiger partial charge in [0.2, 0.25) is 0 Å². The molecule has 0 aliphatic heterocycles. The van der Waals surface area contributed by atoms with E-state index in [1.807, 2.05) is 19.1 Å². The number of aromatic nitrogens is 1. The third-order valence-electron chi connectivity index (χ3n) is 2.99. The molecule has 1 aromatic rings. The second-order valence-corrected chi connectivity index (χ2v) is 5.23. The molecule has 102 valence electrons. The Balaban J connectivity index is 2.63. The van der Waals surface area contributed by atoms with Crippen molar-refractivity contribution < 1.29 is 4.74 Å². The third kappa shape index (κ3) is 4.83. The van der Waals surface area contributed by atoms with Gasteiger partial charge in [-0.05, 0) is 19.3 Å². The zero-order valence-corrected chi connectivity index (χ0v) is 12.4. The van der Waals surface area contributed by atoms with E-state index in [-0.39, 0.29) is 0 Å². The average Bonchev–Trinajstić information content (AvgIpc) is 2.33. The monoisotopic (exact) mass is 270 g/mol. The van der Waals surface area contributed by atoms with Crippen LogP contribution in [-0.2, 0) is 6.54 Å². The molecule has 4 heteroatoms. The Labute approximate surface area is 115 Å². The summed E-state index contributed by atoms with van der Waals surface area (Å²) in [6.07, 6.45) is 0.974. The molecule has 0 saturated carbocycles. The van der Waals surface area contributed by atoms with Crippen LogP contribution in [0.1, 0.15) is 31.7 Å². The third-order valence-corrected chi connectivity index (χ3v) is 3.20. The molecule has 3 nitrogen and oxygen atoms in total. The zero-order chi connectivity index (χ0) is 13.5. The van der Waals surface area contributed by atoms with Crippen molar-refractivity contribution in [1.82, 2.24) is 10.3 Å². The van der Waals surface area contributed by atoms with Gasteiger partial charge in [-0.15, -0.1) is 11.6 Å². The number of nitrogens with zero attached hydrogens (tertiary/aromatic N) is 1. The number of pyridine rings is 1. The number of rotatable bonds is 7. The van der Waals surface area contributed by atoms with Gasteiger partial charge in [0.05, 0.1) is 12.8 Å². The first-order valence-electron chi connectivity index (χ1n) is 6.37. The second kappa shape index (κ2) is 7.59. The largest absolute Gasteiger partial charge is 0.497 e. The molecule has 0 aliphatic carbocycles. The molecule has 1 unspecified atom stereocenters. The number of hydrogen-bond donors (Lipinski definition) is 1. The highest BCUT2D eigenvalue weighted by molar-refractivity contribution is 6.17. The highest BCUT2D eigenvalue weighted by Gasteiger charge is 2.12. The van der Waals surface area contributed by atoms with E-state index in [0.717, 1.165) is 30.1 Å². The Hall–Kier alpha value is -0.800. The predicted molar refractivity (Wildman–Crippen MR) is 76.3 cm³/mol. The lowest BCUT2D eigenvalue weighted by Gasteiger charge is -2.21. The van der Waals surface area contributed by atoms with Gasteiger partial charge in [-0.3, -0.25) is 4.98 Å². The SMILES string of the molecule is COc1cc(C)nc(CNC(CCCl)C(C)C)c1. The van der Waals surface area contributed by atoms with Crippen molar-refractivity contribution in [3.8, 4) is 5.75 Å². The topological polar surface area (TPSA) is 34.1 Å². The molecule has 0 aromatic carbocycles. The van der Waals surface area contributed by atoms with E-state index in [1.54, 1.807) is 7.11 Å². The standard InChI is InChI=1S/C14H23ClN2O/c1-10(2)14(5-6-15)16-9-12-8-13(18-4)7-11(3)17-12/h7-8,10,14,16H,5-6,9H2,1-4H3. The van der Waals surface area contributed by atoms with Gasteiger partial charge in [-0.1, -0.05) is 13.8 Å². The van der Waals surface area contributed by atoms with Crippen molar-refractivity contribution in [1.29, 1.82) is 0 Å². The van der Waals surface area contributed by atoms with E-state index < -0.39 is 0 Å². The summed E-state index contributed by atoms with van der Waals surface area (Å²) in [5.41, 5.74) is 1.98. The van der Waals surface area contributed by atoms with Crippen LogP contribution >= 0.6 is 11.6 Å². The highest BCUT2D eigenvalue weighted by Crippen LogP contribution is 2.14. The van der Waals surface area contributed by atoms with Gasteiger partial charge in [0.1, 0.15) is 5.75 Å². The predicted octanol–water partition coefficient (Wildman–Crippen LogP) is 3.14. The van der Waals surface area contributed by atoms with E-state index in [1.165, 1.54) is 0 Å². The Morgan fingerprint density at radius 1 is 1.39 bits per heavy atom. The van der Waals surface area contributed by atoms with Gasteiger partial charge < -0.3 is 10.1 Å². The molecule has 1 aromatic heterocycles. The molecule has 0 aliphatic rings. The number of methoxy groups -OCH3 is 1. The lowest BCUT2D eigenvalue weighted by atomic mass is 10.0. The number of aryl methyl sites for hydroxylation is 1. The summed E-state index contributed by atoms with van der Waals surface area (Å²) in [6.45, 7) is 7.13. The van der Waals surface area contributed by atoms with Crippen LogP contribution in [0.4, 0.5) is 0 Å². The van der Waals surface area contributed by atoms with Crippen LogP contribution in [-0.4, -0.2) is 24.0 Å². The molecule has 0 radical (unpaired) electrons. The number of nitrogens with one attached hydrogen (secondary N) is 1. The molecule has 0 bridgehead atoms. The van der Waals surface area contributed by atoms with Crippen molar-refractivity contribution in [2.75, 3.05) is 13.0 Å². The second-order valence-electron chi connectivity index (χ2n) is 4.85. The maximum atomic E-state index is 5.82. The van der Waals surface area contributed by atoms with E-state index in [2.05, 4.69) is 24.1 Å². The maximum Gasteiger partial charge on any atom is 0.122 e. The number of hydrogen-bond acceptors (Lipinski definition) is 3. The molecule has 1 rings (SSSR count). The summed E-state index contributed by atoms with van der Waals surface area (Å²) in [4.78, 5) is 4.50. The van der Waals surface area contributed by atoms with Crippen LogP contribution in [0.15, 0.2) is 12.1 Å². The highest BCUT2D eigenvalue weighted by atomic mass is 35.5. The van der Waals surface area contributed by atoms with E-state index in [9.17, 15) is 0 Å². The minimum absolute atomic E-state index is 0.427. The van der Waals surface area contributed by atoms with Crippen molar-refractivity contribution in [3.05, 3.63) is 23.5 Å². The molecule has 18 heavy (non-hydrogen) atoms. The fraction of sp³-hybridized carbons (Fsp3) is 0.643. The molecular weight excluding hydrogens is 248 g/mol. The fourth-order valence-electron chi connectivity index (χ4n) is 1.94. The summed E-state index contributed by atoms with van der Waals surface area (Å²) >= 11 is 5.82. The molecule has 0 spiro atoms. The number of alkyl halides is 1. The molecule has 1 N–H and O–H groups in total. The van der Waals surface area contributed by atoms with Crippen molar-refractivity contribution in [2.24, 2.45) is 5.92 Å². The number of ether oxygens (including phenoxy) is 1. The molecule has 0 amide bonds. The molecule has 1 atom stereocenters. The summed E-state index contributed by atoms with van der Waals surface area (Å²) < 4.78 is 5.25. The van der Waals surface area contributed by atoms with Gasteiger partial charge in [-0.25, -0.2) is 0 Å². The van der Waals surface area contributed by atoms with Crippen LogP contribution < -0.4 is 10.1 Å². The van der Waals surface area contributed by atoms with Crippen LogP contribution in [0.3, 0.4) is 0 Å². The summed E-state index contributed by atoms with van der Waals surface area (Å²) in [5, 5.41) is 3.51. The zero-order valence-electron chi connectivity index (χ0n) is 11.7. The van der Waals surface area contributed by atoms with E-state index >= 15 is 0 Å². The van der Waals surface area contributed by atoms with Gasteiger partial charge >= 0.3 is 0 Å². The summed E-state index contributed by atoms with van der Waals surface area (Å²) in [6, 6.07) is 4.33. The lowest BCUT2D eigenvalue weighted by molar-refractivity contribution is 0.385. The summed E-state index contributed by atoms with van der Waals surface area (Å²) in [5.74, 6) is 2.11. The van der Waals surface area contributed by atoms with Gasteiger partial charge in [-0.2, -0.15) is 0 Å².